The van der Waals surface area contributed by atoms with Crippen LogP contribution in [0.15, 0.2) is 35.1 Å². The van der Waals surface area contributed by atoms with E-state index in [1.807, 2.05) is 29.8 Å². The van der Waals surface area contributed by atoms with E-state index in [4.69, 9.17) is 5.73 Å². The number of aryl methyl sites for hydroxylation is 1. The molecule has 4 N–H and O–H groups in total. The molecule has 0 bridgehead atoms. The summed E-state index contributed by atoms with van der Waals surface area (Å²) in [5, 5.41) is 19.5. The number of rotatable bonds is 6. The molecule has 1 amide bonds. The molecule has 0 radical (unpaired) electrons. The quantitative estimate of drug-likeness (QED) is 0.624. The predicted molar refractivity (Wildman–Crippen MR) is 105 cm³/mol. The van der Waals surface area contributed by atoms with Gasteiger partial charge in [-0.3, -0.25) is 4.79 Å². The van der Waals surface area contributed by atoms with Crippen LogP contribution < -0.4 is 5.73 Å². The molecule has 148 valence electrons. The van der Waals surface area contributed by atoms with Gasteiger partial charge >= 0.3 is 5.97 Å². The Morgan fingerprint density at radius 3 is 2.86 bits per heavy atom. The number of imidazole rings is 1. The molecule has 4 heterocycles. The van der Waals surface area contributed by atoms with Crippen LogP contribution in [0.5, 0.6) is 0 Å². The van der Waals surface area contributed by atoms with E-state index in [1.54, 1.807) is 13.0 Å². The summed E-state index contributed by atoms with van der Waals surface area (Å²) in [6, 6.07) is 3.37. The molecule has 0 aliphatic carbocycles. The molecule has 1 saturated heterocycles. The molecular weight excluding hydrogens is 380 g/mol. The minimum atomic E-state index is -1.10. The second-order valence-electron chi connectivity index (χ2n) is 7.30. The Kier molecular flexibility index (Phi) is 4.59. The second-order valence-corrected chi connectivity index (χ2v) is 8.43. The fraction of sp³-hybridized carbons (Fsp3) is 0.421. The number of carboxylic acids is 1. The van der Waals surface area contributed by atoms with Crippen LogP contribution in [0, 0.1) is 11.8 Å². The molecule has 2 aromatic heterocycles. The third-order valence-corrected chi connectivity index (χ3v) is 6.77. The molecule has 28 heavy (non-hydrogen) atoms. The highest BCUT2D eigenvalue weighted by Gasteiger charge is 2.59. The minimum absolute atomic E-state index is 0.0589. The molecule has 0 spiro atoms. The fourth-order valence-corrected chi connectivity index (χ4v) is 5.44. The number of aromatic nitrogens is 2. The number of carbonyl (C=O) groups is 2. The van der Waals surface area contributed by atoms with Gasteiger partial charge in [-0.2, -0.15) is 0 Å². The van der Waals surface area contributed by atoms with Crippen molar-refractivity contribution in [2.75, 3.05) is 11.5 Å². The van der Waals surface area contributed by atoms with Crippen molar-refractivity contribution in [2.45, 2.75) is 32.4 Å². The number of aliphatic hydroxyl groups excluding tert-OH is 1. The van der Waals surface area contributed by atoms with Crippen LogP contribution in [0.1, 0.15) is 19.5 Å². The summed E-state index contributed by atoms with van der Waals surface area (Å²) in [4.78, 5) is 30.7. The normalized spacial score (nSPS) is 25.2. The topological polar surface area (TPSA) is 121 Å². The Morgan fingerprint density at radius 2 is 2.21 bits per heavy atom. The van der Waals surface area contributed by atoms with Gasteiger partial charge < -0.3 is 25.2 Å². The number of aliphatic hydroxyl groups is 1. The summed E-state index contributed by atoms with van der Waals surface area (Å²) in [5.74, 6) is -1.44. The highest BCUT2D eigenvalue weighted by atomic mass is 32.2. The Bertz CT molecular complexity index is 999. The van der Waals surface area contributed by atoms with E-state index in [1.165, 1.54) is 16.7 Å². The zero-order valence-corrected chi connectivity index (χ0v) is 16.4. The number of anilines is 1. The van der Waals surface area contributed by atoms with Crippen LogP contribution in [-0.4, -0.2) is 54.3 Å². The SMILES string of the molecule is C[C@@H](O)[C@H]1C(=O)N2C(C(=O)O)=C(SCCc3cn4cccc(N)c4n3)[C@H](C)[C@H]12. The van der Waals surface area contributed by atoms with E-state index in [0.29, 0.717) is 28.4 Å². The molecule has 0 unspecified atom stereocenters. The molecule has 8 nitrogen and oxygen atoms in total. The number of amides is 1. The first-order chi connectivity index (χ1) is 13.3. The smallest absolute Gasteiger partial charge is 0.353 e. The summed E-state index contributed by atoms with van der Waals surface area (Å²) in [6.07, 6.45) is 3.65. The average molecular weight is 402 g/mol. The highest BCUT2D eigenvalue weighted by molar-refractivity contribution is 8.03. The number of nitrogens with zero attached hydrogens (tertiary/aromatic N) is 3. The van der Waals surface area contributed by atoms with Gasteiger partial charge in [-0.25, -0.2) is 9.78 Å². The Labute approximate surface area is 166 Å². The third kappa shape index (κ3) is 2.77. The lowest BCUT2D eigenvalue weighted by atomic mass is 9.79. The first-order valence-electron chi connectivity index (χ1n) is 9.14. The molecule has 4 rings (SSSR count). The number of nitrogens with two attached hydrogens (primary N) is 1. The summed E-state index contributed by atoms with van der Waals surface area (Å²) in [6.45, 7) is 3.50. The van der Waals surface area contributed by atoms with E-state index in [0.717, 1.165) is 5.69 Å². The van der Waals surface area contributed by atoms with Crippen LogP contribution >= 0.6 is 11.8 Å². The molecule has 2 aliphatic heterocycles. The number of aliphatic carboxylic acids is 1. The maximum atomic E-state index is 12.4. The van der Waals surface area contributed by atoms with Gasteiger partial charge in [0, 0.05) is 35.4 Å². The number of nitrogen functional groups attached to an aromatic ring is 1. The van der Waals surface area contributed by atoms with Crippen molar-refractivity contribution >= 4 is 35.0 Å². The Hall–Kier alpha value is -2.52. The number of hydrogen-bond donors (Lipinski definition) is 3. The van der Waals surface area contributed by atoms with Gasteiger partial charge in [0.2, 0.25) is 5.91 Å². The predicted octanol–water partition coefficient (Wildman–Crippen LogP) is 1.35. The number of carboxylic acid groups (broad SMARTS) is 1. The van der Waals surface area contributed by atoms with Gasteiger partial charge in [0.25, 0.3) is 0 Å². The number of hydrogen-bond acceptors (Lipinski definition) is 6. The lowest BCUT2D eigenvalue weighted by Gasteiger charge is -2.46. The number of carbonyl (C=O) groups excluding carboxylic acids is 1. The van der Waals surface area contributed by atoms with E-state index >= 15 is 0 Å². The third-order valence-electron chi connectivity index (χ3n) is 5.49. The first kappa shape index (κ1) is 18.8. The summed E-state index contributed by atoms with van der Waals surface area (Å²) < 4.78 is 1.87. The van der Waals surface area contributed by atoms with Gasteiger partial charge in [0.15, 0.2) is 5.65 Å². The minimum Gasteiger partial charge on any atom is -0.477 e. The van der Waals surface area contributed by atoms with Crippen LogP contribution in [0.2, 0.25) is 0 Å². The van der Waals surface area contributed by atoms with Crippen molar-refractivity contribution in [2.24, 2.45) is 11.8 Å². The van der Waals surface area contributed by atoms with E-state index in [2.05, 4.69) is 4.98 Å². The molecule has 0 aromatic carbocycles. The van der Waals surface area contributed by atoms with Crippen molar-refractivity contribution in [1.29, 1.82) is 0 Å². The molecule has 0 saturated carbocycles. The van der Waals surface area contributed by atoms with E-state index < -0.39 is 18.0 Å². The molecule has 2 aromatic rings. The molecule has 9 heteroatoms. The fourth-order valence-electron chi connectivity index (χ4n) is 4.19. The van der Waals surface area contributed by atoms with Crippen molar-refractivity contribution in [1.82, 2.24) is 14.3 Å². The average Bonchev–Trinajstić information content (AvgIpc) is 3.14. The van der Waals surface area contributed by atoms with Gasteiger partial charge in [-0.15, -0.1) is 11.8 Å². The zero-order chi connectivity index (χ0) is 20.2. The van der Waals surface area contributed by atoms with E-state index in [9.17, 15) is 19.8 Å². The number of fused-ring (bicyclic) bond motifs is 2. The van der Waals surface area contributed by atoms with Crippen molar-refractivity contribution in [3.63, 3.8) is 0 Å². The Balaban J connectivity index is 1.51. The first-order valence-corrected chi connectivity index (χ1v) is 10.1. The lowest BCUT2D eigenvalue weighted by Crippen LogP contribution is -2.63. The number of thioether (sulfide) groups is 1. The summed E-state index contributed by atoms with van der Waals surface area (Å²) >= 11 is 1.44. The maximum absolute atomic E-state index is 12.4. The standard InChI is InChI=1S/C19H22N4O4S/c1-9-14-13(10(2)24)18(25)23(14)15(19(26)27)16(9)28-7-5-11-8-22-6-3-4-12(20)17(22)21-11/h3-4,6,8-10,13-14,24H,5,7,20H2,1-2H3,(H,26,27)/t9-,10-,13-,14-/m1/s1. The number of pyridine rings is 1. The van der Waals surface area contributed by atoms with Gasteiger partial charge in [0.1, 0.15) is 5.70 Å². The monoisotopic (exact) mass is 402 g/mol. The largest absolute Gasteiger partial charge is 0.477 e. The molecule has 4 atom stereocenters. The maximum Gasteiger partial charge on any atom is 0.353 e. The van der Waals surface area contributed by atoms with Crippen molar-refractivity contribution in [3.05, 3.63) is 40.8 Å². The highest BCUT2D eigenvalue weighted by Crippen LogP contribution is 2.50. The van der Waals surface area contributed by atoms with E-state index in [-0.39, 0.29) is 23.6 Å². The van der Waals surface area contributed by atoms with Crippen LogP contribution in [-0.2, 0) is 16.0 Å². The van der Waals surface area contributed by atoms with Crippen LogP contribution in [0.25, 0.3) is 5.65 Å². The second kappa shape index (κ2) is 6.82. The van der Waals surface area contributed by atoms with Gasteiger partial charge in [0.05, 0.1) is 29.4 Å². The summed E-state index contributed by atoms with van der Waals surface area (Å²) in [7, 11) is 0. The van der Waals surface area contributed by atoms with Crippen molar-refractivity contribution < 1.29 is 19.8 Å². The van der Waals surface area contributed by atoms with Crippen LogP contribution in [0.3, 0.4) is 0 Å². The van der Waals surface area contributed by atoms with Crippen molar-refractivity contribution in [3.8, 4) is 0 Å². The molecular formula is C19H22N4O4S. The summed E-state index contributed by atoms with van der Waals surface area (Å²) in [5.41, 5.74) is 8.18. The number of β-lactam (4-membered cyclic amide) rings is 1. The Morgan fingerprint density at radius 1 is 1.46 bits per heavy atom. The zero-order valence-electron chi connectivity index (χ0n) is 15.6. The van der Waals surface area contributed by atoms with Gasteiger partial charge in [-0.05, 0) is 19.1 Å². The molecule has 1 fully saturated rings. The molecule has 2 aliphatic rings. The van der Waals surface area contributed by atoms with Crippen LogP contribution in [0.4, 0.5) is 5.69 Å². The lowest BCUT2D eigenvalue weighted by molar-refractivity contribution is -0.163. The van der Waals surface area contributed by atoms with Gasteiger partial charge in [-0.1, -0.05) is 6.92 Å².